The highest BCUT2D eigenvalue weighted by Gasteiger charge is 2.84. The van der Waals surface area contributed by atoms with Gasteiger partial charge in [-0.25, -0.2) is 0 Å². The minimum Gasteiger partial charge on any atom is -0.393 e. The van der Waals surface area contributed by atoms with E-state index < -0.39 is 23.4 Å². The van der Waals surface area contributed by atoms with Crippen molar-refractivity contribution in [2.24, 2.45) is 44.8 Å². The summed E-state index contributed by atoms with van der Waals surface area (Å²) in [6, 6.07) is 0. The van der Waals surface area contributed by atoms with Crippen LogP contribution in [0.5, 0.6) is 0 Å². The summed E-state index contributed by atoms with van der Waals surface area (Å²) in [5.74, 6) is 0.577. The summed E-state index contributed by atoms with van der Waals surface area (Å²) < 4.78 is 6.66. The van der Waals surface area contributed by atoms with Crippen LogP contribution in [0, 0.1) is 44.8 Å². The molecule has 5 nitrogen and oxygen atoms in total. The number of rotatable bonds is 2. The molecule has 0 amide bonds. The fraction of sp³-hybridized carbons (Fsp3) is 1.00. The molecule has 0 aromatic carbocycles. The predicted octanol–water partition coefficient (Wildman–Crippen LogP) is 4.44. The van der Waals surface area contributed by atoms with Crippen LogP contribution < -0.4 is 0 Å². The molecular weight excluding hydrogens is 440 g/mol. The van der Waals surface area contributed by atoms with Crippen LogP contribution in [0.15, 0.2) is 0 Å². The van der Waals surface area contributed by atoms with Crippen LogP contribution in [0.1, 0.15) is 106 Å². The van der Waals surface area contributed by atoms with Gasteiger partial charge in [-0.05, 0) is 117 Å². The molecule has 1 heterocycles. The fourth-order valence-electron chi connectivity index (χ4n) is 12.1. The first-order chi connectivity index (χ1) is 16.0. The van der Waals surface area contributed by atoms with Gasteiger partial charge < -0.3 is 25.2 Å². The molecule has 0 radical (unpaired) electrons. The molecule has 6 fully saturated rings. The van der Waals surface area contributed by atoms with Crippen LogP contribution in [-0.2, 0) is 4.74 Å². The van der Waals surface area contributed by atoms with E-state index in [2.05, 4.69) is 34.6 Å². The van der Waals surface area contributed by atoms with E-state index in [1.165, 1.54) is 6.42 Å². The second-order valence-electron chi connectivity index (χ2n) is 15.9. The third kappa shape index (κ3) is 2.78. The first-order valence-corrected chi connectivity index (χ1v) is 14.4. The third-order valence-electron chi connectivity index (χ3n) is 13.8. The van der Waals surface area contributed by atoms with Gasteiger partial charge in [-0.2, -0.15) is 0 Å². The lowest BCUT2D eigenvalue weighted by molar-refractivity contribution is -0.213. The Morgan fingerprint density at radius 1 is 0.771 bits per heavy atom. The average Bonchev–Trinajstić information content (AvgIpc) is 3.08. The van der Waals surface area contributed by atoms with Crippen LogP contribution in [0.2, 0.25) is 0 Å². The van der Waals surface area contributed by atoms with E-state index >= 15 is 0 Å². The van der Waals surface area contributed by atoms with E-state index in [9.17, 15) is 20.4 Å². The summed E-state index contributed by atoms with van der Waals surface area (Å²) in [7, 11) is 0. The van der Waals surface area contributed by atoms with E-state index in [0.29, 0.717) is 5.92 Å². The first-order valence-electron chi connectivity index (χ1n) is 14.4. The van der Waals surface area contributed by atoms with Crippen molar-refractivity contribution < 1.29 is 25.2 Å². The average molecular weight is 491 g/mol. The lowest BCUT2D eigenvalue weighted by Gasteiger charge is -2.64. The maximum absolute atomic E-state index is 11.7. The Balaban J connectivity index is 1.37. The molecule has 0 aromatic heterocycles. The maximum atomic E-state index is 11.7. The molecule has 1 saturated heterocycles. The van der Waals surface area contributed by atoms with E-state index in [1.54, 1.807) is 0 Å². The Hall–Kier alpha value is -0.200. The summed E-state index contributed by atoms with van der Waals surface area (Å²) in [6.45, 7) is 15.0. The normalized spacial score (nSPS) is 60.9. The molecule has 35 heavy (non-hydrogen) atoms. The maximum Gasteiger partial charge on any atom is 0.0865 e. The van der Waals surface area contributed by atoms with Crippen molar-refractivity contribution in [3.63, 3.8) is 0 Å². The molecule has 12 atom stereocenters. The Kier molecular flexibility index (Phi) is 4.92. The number of aliphatic hydroxyl groups is 4. The zero-order valence-corrected chi connectivity index (χ0v) is 23.1. The molecule has 5 saturated carbocycles. The van der Waals surface area contributed by atoms with Gasteiger partial charge in [0.2, 0.25) is 0 Å². The monoisotopic (exact) mass is 490 g/mol. The van der Waals surface area contributed by atoms with Gasteiger partial charge in [0.15, 0.2) is 0 Å². The fourth-order valence-corrected chi connectivity index (χ4v) is 12.1. The van der Waals surface area contributed by atoms with Gasteiger partial charge in [0.25, 0.3) is 0 Å². The standard InChI is InChI=1S/C30H50O5/c1-24(2)20(33)8-11-30-16-29(30)13-12-26(5)23(28(7)10-9-21(35-28)25(3,4)34)18(32)15-27(26,6)19(29)14-17(31)22(24)30/h17-23,31-34H,8-16H2,1-7H3/t17-,18+,19+,20+,21+,22-,23+,26+,27-,28-,29-,30+/m0/s1. The van der Waals surface area contributed by atoms with Crippen LogP contribution in [0.3, 0.4) is 0 Å². The van der Waals surface area contributed by atoms with Crippen molar-refractivity contribution in [2.75, 3.05) is 0 Å². The second kappa shape index (κ2) is 6.86. The van der Waals surface area contributed by atoms with Gasteiger partial charge in [0, 0.05) is 5.92 Å². The largest absolute Gasteiger partial charge is 0.393 e. The molecule has 200 valence electrons. The van der Waals surface area contributed by atoms with E-state index in [0.717, 1.165) is 51.4 Å². The molecule has 0 unspecified atom stereocenters. The van der Waals surface area contributed by atoms with E-state index in [4.69, 9.17) is 4.74 Å². The van der Waals surface area contributed by atoms with Crippen molar-refractivity contribution in [1.29, 1.82) is 0 Å². The van der Waals surface area contributed by atoms with Gasteiger partial charge in [-0.3, -0.25) is 0 Å². The lowest BCUT2D eigenvalue weighted by Crippen LogP contribution is -2.62. The van der Waals surface area contributed by atoms with Gasteiger partial charge in [0.1, 0.15) is 0 Å². The smallest absolute Gasteiger partial charge is 0.0865 e. The van der Waals surface area contributed by atoms with Gasteiger partial charge in [0.05, 0.1) is 35.6 Å². The van der Waals surface area contributed by atoms with Crippen LogP contribution >= 0.6 is 0 Å². The van der Waals surface area contributed by atoms with Crippen LogP contribution in [-0.4, -0.2) is 56.0 Å². The Bertz CT molecular complexity index is 911. The number of fused-ring (bicyclic) bond motifs is 2. The Morgan fingerprint density at radius 2 is 1.46 bits per heavy atom. The van der Waals surface area contributed by atoms with Crippen LogP contribution in [0.4, 0.5) is 0 Å². The number of hydrogen-bond acceptors (Lipinski definition) is 5. The SMILES string of the molecule is CC(C)(O)[C@H]1CC[C@@](C)([C@@H]2[C@H](O)C[C@@]3(C)[C@H]4C[C@H](O)[C@H]5C(C)(C)[C@H](O)CC[C@@]56C[C@@]46CC[C@]23C)O1. The summed E-state index contributed by atoms with van der Waals surface area (Å²) >= 11 is 0. The highest BCUT2D eigenvalue weighted by Crippen LogP contribution is 2.89. The van der Waals surface area contributed by atoms with Crippen molar-refractivity contribution in [3.05, 3.63) is 0 Å². The molecule has 0 aromatic rings. The number of ether oxygens (including phenoxy) is 1. The number of hydrogen-bond donors (Lipinski definition) is 4. The minimum atomic E-state index is -0.886. The second-order valence-corrected chi connectivity index (χ2v) is 15.9. The molecule has 2 spiro atoms. The van der Waals surface area contributed by atoms with E-state index in [1.807, 2.05) is 13.8 Å². The Morgan fingerprint density at radius 3 is 2.09 bits per heavy atom. The molecule has 0 bridgehead atoms. The molecular formula is C30H50O5. The first kappa shape index (κ1) is 25.1. The van der Waals surface area contributed by atoms with Crippen molar-refractivity contribution in [2.45, 2.75) is 142 Å². The van der Waals surface area contributed by atoms with Gasteiger partial charge >= 0.3 is 0 Å². The van der Waals surface area contributed by atoms with E-state index in [-0.39, 0.29) is 51.1 Å². The van der Waals surface area contributed by atoms with Crippen molar-refractivity contribution in [1.82, 2.24) is 0 Å². The molecule has 4 N–H and O–H groups in total. The predicted molar refractivity (Wildman–Crippen MR) is 134 cm³/mol. The third-order valence-corrected chi connectivity index (χ3v) is 13.8. The van der Waals surface area contributed by atoms with Gasteiger partial charge in [-0.15, -0.1) is 0 Å². The van der Waals surface area contributed by atoms with Gasteiger partial charge in [-0.1, -0.05) is 27.7 Å². The Labute approximate surface area is 212 Å². The minimum absolute atomic E-state index is 0.0267. The highest BCUT2D eigenvalue weighted by atomic mass is 16.5. The zero-order valence-electron chi connectivity index (χ0n) is 23.1. The summed E-state index contributed by atoms with van der Waals surface area (Å²) in [6.07, 6.45) is 7.18. The topological polar surface area (TPSA) is 90.2 Å². The van der Waals surface area contributed by atoms with Crippen molar-refractivity contribution >= 4 is 0 Å². The summed E-state index contributed by atoms with van der Waals surface area (Å²) in [4.78, 5) is 0. The molecule has 1 aliphatic heterocycles. The zero-order chi connectivity index (χ0) is 25.6. The molecule has 5 aliphatic carbocycles. The number of aliphatic hydroxyl groups excluding tert-OH is 3. The molecule has 5 heteroatoms. The summed E-state index contributed by atoms with van der Waals surface area (Å²) in [5.41, 5.74) is -1.35. The quantitative estimate of drug-likeness (QED) is 0.460. The van der Waals surface area contributed by atoms with Crippen molar-refractivity contribution in [3.8, 4) is 0 Å². The molecule has 6 rings (SSSR count). The highest BCUT2D eigenvalue weighted by molar-refractivity contribution is 5.33. The lowest BCUT2D eigenvalue weighted by atomic mass is 9.41. The summed E-state index contributed by atoms with van der Waals surface area (Å²) in [5, 5.41) is 45.0. The molecule has 6 aliphatic rings. The van der Waals surface area contributed by atoms with Crippen LogP contribution in [0.25, 0.3) is 0 Å².